The number of hydrogen-bond acceptors (Lipinski definition) is 2. The molecule has 2 nitrogen and oxygen atoms in total. The van der Waals surface area contributed by atoms with Crippen molar-refractivity contribution in [2.45, 2.75) is 133 Å². The highest BCUT2D eigenvalue weighted by Gasteiger charge is 2.69. The van der Waals surface area contributed by atoms with Gasteiger partial charge in [0, 0.05) is 12.3 Å². The van der Waals surface area contributed by atoms with E-state index in [1.165, 1.54) is 57.8 Å². The van der Waals surface area contributed by atoms with Gasteiger partial charge < -0.3 is 4.74 Å². The van der Waals surface area contributed by atoms with Gasteiger partial charge in [-0.3, -0.25) is 4.79 Å². The van der Waals surface area contributed by atoms with Gasteiger partial charge in [-0.25, -0.2) is 0 Å². The van der Waals surface area contributed by atoms with Crippen LogP contribution in [-0.4, -0.2) is 12.1 Å². The van der Waals surface area contributed by atoms with Gasteiger partial charge in [0.2, 0.25) is 0 Å². The van der Waals surface area contributed by atoms with Crippen LogP contribution in [0.5, 0.6) is 0 Å². The second kappa shape index (κ2) is 7.38. The Bertz CT molecular complexity index is 897. The molecule has 4 saturated carbocycles. The molecule has 0 spiro atoms. The summed E-state index contributed by atoms with van der Waals surface area (Å²) in [6.45, 7) is 22.1. The Morgan fingerprint density at radius 1 is 0.824 bits per heavy atom. The summed E-state index contributed by atoms with van der Waals surface area (Å²) < 4.78 is 5.86. The Hall–Kier alpha value is -0.790. The molecule has 5 aliphatic rings. The fraction of sp³-hybridized carbons (Fsp3) is 0.906. The van der Waals surface area contributed by atoms with Crippen LogP contribution >= 0.6 is 0 Å². The van der Waals surface area contributed by atoms with E-state index in [9.17, 15) is 4.79 Å². The molecule has 0 aliphatic heterocycles. The van der Waals surface area contributed by atoms with Gasteiger partial charge >= 0.3 is 5.97 Å². The van der Waals surface area contributed by atoms with E-state index in [1.807, 2.05) is 0 Å². The highest BCUT2D eigenvalue weighted by Crippen LogP contribution is 2.77. The molecule has 2 heteroatoms. The molecular formula is C32H52O2. The average Bonchev–Trinajstić information content (AvgIpc) is 2.73. The number of carbonyl (C=O) groups is 1. The van der Waals surface area contributed by atoms with Crippen molar-refractivity contribution in [1.29, 1.82) is 0 Å². The minimum Gasteiger partial charge on any atom is -0.462 e. The molecule has 0 bridgehead atoms. The topological polar surface area (TPSA) is 26.3 Å². The maximum absolute atomic E-state index is 11.8. The van der Waals surface area contributed by atoms with E-state index in [4.69, 9.17) is 4.74 Å². The van der Waals surface area contributed by atoms with E-state index in [0.717, 1.165) is 18.3 Å². The Morgan fingerprint density at radius 2 is 1.44 bits per heavy atom. The third kappa shape index (κ3) is 3.21. The van der Waals surface area contributed by atoms with Crippen LogP contribution in [0.4, 0.5) is 0 Å². The Morgan fingerprint density at radius 3 is 2.12 bits per heavy atom. The van der Waals surface area contributed by atoms with Crippen LogP contribution in [0.1, 0.15) is 127 Å². The van der Waals surface area contributed by atoms with Crippen LogP contribution in [0.25, 0.3) is 0 Å². The lowest BCUT2D eigenvalue weighted by atomic mass is 9.31. The molecular weight excluding hydrogens is 416 g/mol. The summed E-state index contributed by atoms with van der Waals surface area (Å²) in [5, 5.41) is 0. The summed E-state index contributed by atoms with van der Waals surface area (Å²) in [7, 11) is 0. The van der Waals surface area contributed by atoms with Crippen molar-refractivity contribution in [3.63, 3.8) is 0 Å². The van der Waals surface area contributed by atoms with E-state index in [2.05, 4.69) is 61.5 Å². The standard InChI is InChI=1S/C32H52O2/c1-21(33)34-26-13-11-23-22(28(26,4)5)10-12-24-30(23,7)17-19-32(9)25-20-27(2,3)14-15-29(25,6)16-18-31(24,32)8/h10,23-26H,11-20H2,1-9H3/t23-,24+,25-,26?,29-,30+,31-,32+/m1/s1. The van der Waals surface area contributed by atoms with E-state index in [0.29, 0.717) is 33.0 Å². The van der Waals surface area contributed by atoms with Crippen molar-refractivity contribution in [3.05, 3.63) is 11.6 Å². The molecule has 34 heavy (non-hydrogen) atoms. The predicted molar refractivity (Wildman–Crippen MR) is 140 cm³/mol. The first-order valence-corrected chi connectivity index (χ1v) is 14.5. The van der Waals surface area contributed by atoms with Crippen LogP contribution in [0.15, 0.2) is 11.6 Å². The van der Waals surface area contributed by atoms with E-state index < -0.39 is 0 Å². The molecule has 5 rings (SSSR count). The molecule has 8 atom stereocenters. The maximum atomic E-state index is 11.8. The zero-order valence-electron chi connectivity index (χ0n) is 23.8. The van der Waals surface area contributed by atoms with Crippen molar-refractivity contribution in [2.75, 3.05) is 0 Å². The quantitative estimate of drug-likeness (QED) is 0.284. The average molecular weight is 469 g/mol. The third-order valence-electron chi connectivity index (χ3n) is 13.3. The van der Waals surface area contributed by atoms with Crippen molar-refractivity contribution in [1.82, 2.24) is 0 Å². The summed E-state index contributed by atoms with van der Waals surface area (Å²) in [6, 6.07) is 0. The molecule has 5 aliphatic carbocycles. The van der Waals surface area contributed by atoms with Crippen molar-refractivity contribution in [3.8, 4) is 0 Å². The fourth-order valence-electron chi connectivity index (χ4n) is 10.8. The summed E-state index contributed by atoms with van der Waals surface area (Å²) >= 11 is 0. The van der Waals surface area contributed by atoms with Crippen LogP contribution in [0.2, 0.25) is 0 Å². The number of carbonyl (C=O) groups excluding carboxylic acids is 1. The summed E-state index contributed by atoms with van der Waals surface area (Å²) in [5.74, 6) is 2.14. The first-order valence-electron chi connectivity index (χ1n) is 14.5. The molecule has 192 valence electrons. The van der Waals surface area contributed by atoms with Gasteiger partial charge in [0.1, 0.15) is 6.10 Å². The number of allylic oxidation sites excluding steroid dienone is 1. The summed E-state index contributed by atoms with van der Waals surface area (Å²) in [6.07, 6.45) is 15.9. The highest BCUT2D eigenvalue weighted by atomic mass is 16.5. The first kappa shape index (κ1) is 24.9. The van der Waals surface area contributed by atoms with Crippen LogP contribution in [0.3, 0.4) is 0 Å². The van der Waals surface area contributed by atoms with Crippen molar-refractivity contribution < 1.29 is 9.53 Å². The second-order valence-corrected chi connectivity index (χ2v) is 15.8. The van der Waals surface area contributed by atoms with Gasteiger partial charge in [-0.2, -0.15) is 0 Å². The lowest BCUT2D eigenvalue weighted by Crippen LogP contribution is -2.65. The second-order valence-electron chi connectivity index (χ2n) is 15.8. The van der Waals surface area contributed by atoms with Crippen molar-refractivity contribution in [2.24, 2.45) is 50.2 Å². The predicted octanol–water partition coefficient (Wildman–Crippen LogP) is 8.74. The molecule has 0 aromatic heterocycles. The SMILES string of the molecule is CC(=O)OC1CC[C@@H]2C(=CC[C@H]3[C@@]2(C)CC[C@@]2(C)[C@@H]4CC(C)(C)CC[C@]4(C)CC[C@]32C)C1(C)C. The van der Waals surface area contributed by atoms with Crippen LogP contribution in [0, 0.1) is 50.2 Å². The summed E-state index contributed by atoms with van der Waals surface area (Å²) in [5.41, 5.74) is 3.81. The largest absolute Gasteiger partial charge is 0.462 e. The molecule has 0 N–H and O–H groups in total. The molecule has 1 unspecified atom stereocenters. The van der Waals surface area contributed by atoms with Gasteiger partial charge in [0.05, 0.1) is 0 Å². The van der Waals surface area contributed by atoms with Crippen LogP contribution < -0.4 is 0 Å². The Balaban J connectivity index is 1.52. The molecule has 4 fully saturated rings. The Kier molecular flexibility index (Phi) is 5.40. The number of esters is 1. The van der Waals surface area contributed by atoms with E-state index in [1.54, 1.807) is 12.5 Å². The van der Waals surface area contributed by atoms with E-state index >= 15 is 0 Å². The third-order valence-corrected chi connectivity index (χ3v) is 13.3. The molecule has 0 radical (unpaired) electrons. The normalized spacial score (nSPS) is 51.1. The minimum absolute atomic E-state index is 0.0250. The molecule has 0 aromatic rings. The number of fused-ring (bicyclic) bond motifs is 7. The lowest BCUT2D eigenvalue weighted by Gasteiger charge is -2.73. The van der Waals surface area contributed by atoms with E-state index in [-0.39, 0.29) is 17.5 Å². The molecule has 0 heterocycles. The van der Waals surface area contributed by atoms with Crippen LogP contribution in [-0.2, 0) is 9.53 Å². The zero-order valence-corrected chi connectivity index (χ0v) is 23.8. The highest BCUT2D eigenvalue weighted by molar-refractivity contribution is 5.66. The van der Waals surface area contributed by atoms with Gasteiger partial charge in [0.25, 0.3) is 0 Å². The van der Waals surface area contributed by atoms with Gasteiger partial charge in [-0.05, 0) is 109 Å². The van der Waals surface area contributed by atoms with Gasteiger partial charge in [0.15, 0.2) is 0 Å². The smallest absolute Gasteiger partial charge is 0.302 e. The molecule has 0 amide bonds. The zero-order chi connectivity index (χ0) is 24.9. The maximum Gasteiger partial charge on any atom is 0.302 e. The summed E-state index contributed by atoms with van der Waals surface area (Å²) in [4.78, 5) is 11.8. The minimum atomic E-state index is -0.126. The Labute approximate surface area is 210 Å². The molecule has 0 aromatic carbocycles. The number of ether oxygens (including phenoxy) is 1. The van der Waals surface area contributed by atoms with Gasteiger partial charge in [-0.15, -0.1) is 0 Å². The number of rotatable bonds is 1. The van der Waals surface area contributed by atoms with Crippen molar-refractivity contribution >= 4 is 5.97 Å². The first-order chi connectivity index (χ1) is 15.6. The number of hydrogen-bond donors (Lipinski definition) is 0. The lowest BCUT2D eigenvalue weighted by molar-refractivity contribution is -0.231. The fourth-order valence-corrected chi connectivity index (χ4v) is 10.8. The van der Waals surface area contributed by atoms with Gasteiger partial charge in [-0.1, -0.05) is 67.0 Å². The molecule has 0 saturated heterocycles. The monoisotopic (exact) mass is 468 g/mol.